The van der Waals surface area contributed by atoms with Crippen LogP contribution in [0.2, 0.25) is 0 Å². The third-order valence-corrected chi connectivity index (χ3v) is 7.45. The van der Waals surface area contributed by atoms with Gasteiger partial charge in [-0.15, -0.1) is 0 Å². The fraction of sp³-hybridized carbons (Fsp3) is 0.310. The first-order valence-electron chi connectivity index (χ1n) is 12.0. The zero-order chi connectivity index (χ0) is 26.1. The smallest absolute Gasteiger partial charge is 0.261 e. The first-order chi connectivity index (χ1) is 17.3. The molecule has 0 saturated carbocycles. The van der Waals surface area contributed by atoms with E-state index in [2.05, 4.69) is 37.2 Å². The minimum absolute atomic E-state index is 0.00222. The summed E-state index contributed by atoms with van der Waals surface area (Å²) in [4.78, 5) is 28.8. The Labute approximate surface area is 230 Å². The highest BCUT2D eigenvalue weighted by Gasteiger charge is 2.31. The minimum Gasteiger partial charge on any atom is -0.484 e. The Morgan fingerprint density at radius 3 is 2.31 bits per heavy atom. The van der Waals surface area contributed by atoms with Crippen LogP contribution in [-0.2, 0) is 22.6 Å². The molecule has 0 aromatic heterocycles. The fourth-order valence-corrected chi connectivity index (χ4v) is 4.23. The van der Waals surface area contributed by atoms with Crippen molar-refractivity contribution in [1.29, 1.82) is 0 Å². The molecule has 0 aliphatic heterocycles. The number of halogens is 2. The average Bonchev–Trinajstić information content (AvgIpc) is 2.88. The minimum atomic E-state index is -0.687. The Bertz CT molecular complexity index is 1150. The first kappa shape index (κ1) is 27.9. The lowest BCUT2D eigenvalue weighted by Crippen LogP contribution is -2.53. The lowest BCUT2D eigenvalue weighted by atomic mass is 10.0. The number of rotatable bonds is 11. The number of amides is 2. The highest BCUT2D eigenvalue weighted by molar-refractivity contribution is 9.10. The predicted molar refractivity (Wildman–Crippen MR) is 151 cm³/mol. The number of carbonyl (C=O) groups excluding carboxylic acids is 2. The molecule has 3 rings (SSSR count). The molecule has 2 atom stereocenters. The van der Waals surface area contributed by atoms with Crippen molar-refractivity contribution in [2.24, 2.45) is 0 Å². The summed E-state index contributed by atoms with van der Waals surface area (Å²) in [6, 6.07) is 22.5. The molecule has 0 bridgehead atoms. The van der Waals surface area contributed by atoms with E-state index in [1.165, 1.54) is 0 Å². The zero-order valence-electron chi connectivity index (χ0n) is 20.8. The molecule has 0 aliphatic carbocycles. The summed E-state index contributed by atoms with van der Waals surface area (Å²) in [5, 5.41) is 3.08. The number of hydrogen-bond donors (Lipinski definition) is 1. The highest BCUT2D eigenvalue weighted by Crippen LogP contribution is 2.22. The van der Waals surface area contributed by atoms with Gasteiger partial charge in [0.25, 0.3) is 5.91 Å². The number of hydrogen-bond acceptors (Lipinski definition) is 3. The lowest BCUT2D eigenvalue weighted by Gasteiger charge is -2.32. The van der Waals surface area contributed by atoms with Crippen molar-refractivity contribution in [2.45, 2.75) is 52.2 Å². The van der Waals surface area contributed by atoms with E-state index in [1.54, 1.807) is 4.90 Å². The van der Waals surface area contributed by atoms with E-state index in [0.717, 1.165) is 32.1 Å². The molecule has 190 valence electrons. The summed E-state index contributed by atoms with van der Waals surface area (Å²) < 4.78 is 7.80. The molecule has 5 nitrogen and oxygen atoms in total. The van der Waals surface area contributed by atoms with Gasteiger partial charge in [0.2, 0.25) is 5.91 Å². The van der Waals surface area contributed by atoms with Gasteiger partial charge in [0.1, 0.15) is 11.8 Å². The second-order valence-electron chi connectivity index (χ2n) is 8.87. The summed E-state index contributed by atoms with van der Waals surface area (Å²) in [5.74, 6) is 0.188. The lowest BCUT2D eigenvalue weighted by molar-refractivity contribution is -0.143. The van der Waals surface area contributed by atoms with Crippen LogP contribution in [0.1, 0.15) is 37.0 Å². The molecular formula is C29H32Br2N2O3. The van der Waals surface area contributed by atoms with Crippen molar-refractivity contribution in [3.05, 3.63) is 98.4 Å². The molecule has 3 aromatic carbocycles. The van der Waals surface area contributed by atoms with Gasteiger partial charge in [-0.1, -0.05) is 81.2 Å². The molecule has 0 fully saturated rings. The Balaban J connectivity index is 1.90. The van der Waals surface area contributed by atoms with Gasteiger partial charge in [0, 0.05) is 28.0 Å². The third kappa shape index (κ3) is 8.20. The van der Waals surface area contributed by atoms with E-state index in [4.69, 9.17) is 4.74 Å². The van der Waals surface area contributed by atoms with Crippen molar-refractivity contribution in [3.8, 4) is 5.75 Å². The maximum absolute atomic E-state index is 13.6. The average molecular weight is 616 g/mol. The van der Waals surface area contributed by atoms with E-state index in [9.17, 15) is 9.59 Å². The number of carbonyl (C=O) groups is 2. The SMILES string of the molecule is CC[C@@H](C)NC(=O)[C@H](Cc1ccccc1)N(Cc1ccc(Br)cc1)C(=O)COc1ccc(Br)c(C)c1. The number of nitrogens with zero attached hydrogens (tertiary/aromatic N) is 1. The van der Waals surface area contributed by atoms with Crippen molar-refractivity contribution in [3.63, 3.8) is 0 Å². The van der Waals surface area contributed by atoms with Crippen molar-refractivity contribution < 1.29 is 14.3 Å². The molecular weight excluding hydrogens is 584 g/mol. The number of benzene rings is 3. The zero-order valence-corrected chi connectivity index (χ0v) is 24.0. The molecule has 0 heterocycles. The number of ether oxygens (including phenoxy) is 1. The second-order valence-corrected chi connectivity index (χ2v) is 10.6. The van der Waals surface area contributed by atoms with Gasteiger partial charge >= 0.3 is 0 Å². The van der Waals surface area contributed by atoms with Crippen LogP contribution in [0.3, 0.4) is 0 Å². The van der Waals surface area contributed by atoms with Crippen molar-refractivity contribution >= 4 is 43.7 Å². The van der Waals surface area contributed by atoms with Gasteiger partial charge in [-0.3, -0.25) is 9.59 Å². The largest absolute Gasteiger partial charge is 0.484 e. The number of nitrogens with one attached hydrogen (secondary N) is 1. The maximum Gasteiger partial charge on any atom is 0.261 e. The first-order valence-corrected chi connectivity index (χ1v) is 13.6. The molecule has 36 heavy (non-hydrogen) atoms. The normalized spacial score (nSPS) is 12.5. The summed E-state index contributed by atoms with van der Waals surface area (Å²) >= 11 is 6.95. The molecule has 0 spiro atoms. The van der Waals surface area contributed by atoms with Crippen LogP contribution in [0.4, 0.5) is 0 Å². The van der Waals surface area contributed by atoms with Crippen molar-refractivity contribution in [1.82, 2.24) is 10.2 Å². The van der Waals surface area contributed by atoms with Crippen LogP contribution in [0, 0.1) is 6.92 Å². The molecule has 0 unspecified atom stereocenters. The van der Waals surface area contributed by atoms with Gasteiger partial charge < -0.3 is 15.0 Å². The topological polar surface area (TPSA) is 58.6 Å². The second kappa shape index (κ2) is 13.6. The monoisotopic (exact) mass is 614 g/mol. The van der Waals surface area contributed by atoms with E-state index < -0.39 is 6.04 Å². The summed E-state index contributed by atoms with van der Waals surface area (Å²) in [5.41, 5.74) is 2.93. The number of aryl methyl sites for hydroxylation is 1. The van der Waals surface area contributed by atoms with Crippen LogP contribution in [0.5, 0.6) is 5.75 Å². The molecule has 0 radical (unpaired) electrons. The predicted octanol–water partition coefficient (Wildman–Crippen LogP) is 6.45. The van der Waals surface area contributed by atoms with Crippen LogP contribution in [0.15, 0.2) is 81.7 Å². The highest BCUT2D eigenvalue weighted by atomic mass is 79.9. The fourth-order valence-electron chi connectivity index (χ4n) is 3.72. The van der Waals surface area contributed by atoms with Crippen molar-refractivity contribution in [2.75, 3.05) is 6.61 Å². The Morgan fingerprint density at radius 1 is 0.972 bits per heavy atom. The quantitative estimate of drug-likeness (QED) is 0.270. The molecule has 1 N–H and O–H groups in total. The van der Waals surface area contributed by atoms with Gasteiger partial charge in [-0.25, -0.2) is 0 Å². The summed E-state index contributed by atoms with van der Waals surface area (Å²) in [7, 11) is 0. The molecule has 0 aliphatic rings. The molecule has 3 aromatic rings. The van der Waals surface area contributed by atoms with Crippen LogP contribution in [0.25, 0.3) is 0 Å². The van der Waals surface area contributed by atoms with Gasteiger partial charge in [0.15, 0.2) is 6.61 Å². The summed E-state index contributed by atoms with van der Waals surface area (Å²) in [6.45, 7) is 6.08. The molecule has 7 heteroatoms. The Hall–Kier alpha value is -2.64. The van der Waals surface area contributed by atoms with Gasteiger partial charge in [0.05, 0.1) is 0 Å². The maximum atomic E-state index is 13.6. The van der Waals surface area contributed by atoms with Gasteiger partial charge in [-0.2, -0.15) is 0 Å². The molecule has 0 saturated heterocycles. The van der Waals surface area contributed by atoms with E-state index in [0.29, 0.717) is 18.7 Å². The summed E-state index contributed by atoms with van der Waals surface area (Å²) in [6.07, 6.45) is 1.21. The van der Waals surface area contributed by atoms with E-state index >= 15 is 0 Å². The van der Waals surface area contributed by atoms with E-state index in [1.807, 2.05) is 93.6 Å². The van der Waals surface area contributed by atoms with E-state index in [-0.39, 0.29) is 24.5 Å². The standard InChI is InChI=1S/C29H32Br2N2O3/c1-4-21(3)32-29(35)27(17-22-8-6-5-7-9-22)33(18-23-10-12-24(30)13-11-23)28(34)19-36-25-14-15-26(31)20(2)16-25/h5-16,21,27H,4,17-19H2,1-3H3,(H,32,35)/t21-,27+/m1/s1. The van der Waals surface area contributed by atoms with Crippen LogP contribution >= 0.6 is 31.9 Å². The Morgan fingerprint density at radius 2 is 1.67 bits per heavy atom. The third-order valence-electron chi connectivity index (χ3n) is 6.03. The van der Waals surface area contributed by atoms with Crippen LogP contribution < -0.4 is 10.1 Å². The molecule has 2 amide bonds. The van der Waals surface area contributed by atoms with Crippen LogP contribution in [-0.4, -0.2) is 35.4 Å². The Kier molecular flexibility index (Phi) is 10.6. The van der Waals surface area contributed by atoms with Gasteiger partial charge in [-0.05, 0) is 67.3 Å².